The van der Waals surface area contributed by atoms with Gasteiger partial charge in [0.05, 0.1) is 43.2 Å². The molecule has 20 atom stereocenters. The van der Waals surface area contributed by atoms with Crippen molar-refractivity contribution in [2.45, 2.75) is 210 Å². The molecule has 0 unspecified atom stereocenters. The lowest BCUT2D eigenvalue weighted by Gasteiger charge is -2.43. The highest BCUT2D eigenvalue weighted by atomic mass is 16.7. The average molecular weight is 1180 g/mol. The van der Waals surface area contributed by atoms with Crippen LogP contribution >= 0.6 is 0 Å². The number of carbonyl (C=O) groups is 11. The van der Waals surface area contributed by atoms with Crippen molar-refractivity contribution in [2.75, 3.05) is 26.2 Å². The molecule has 3 aliphatic heterocycles. The van der Waals surface area contributed by atoms with E-state index in [1.165, 1.54) is 41.5 Å². The van der Waals surface area contributed by atoms with Gasteiger partial charge in [0, 0.05) is 20.0 Å². The first-order valence-corrected chi connectivity index (χ1v) is 26.8. The molecule has 0 aromatic rings. The van der Waals surface area contributed by atoms with Gasteiger partial charge in [0.2, 0.25) is 59.1 Å². The predicted octanol–water partition coefficient (Wildman–Crippen LogP) is -9.69. The van der Waals surface area contributed by atoms with E-state index in [4.69, 9.17) is 20.3 Å². The van der Waals surface area contributed by atoms with Gasteiger partial charge in [-0.05, 0) is 73.1 Å². The van der Waals surface area contributed by atoms with Crippen LogP contribution in [-0.4, -0.2) is 269 Å². The fourth-order valence-corrected chi connectivity index (χ4v) is 9.33. The van der Waals surface area contributed by atoms with Crippen LogP contribution in [0, 0.1) is 5.92 Å². The van der Waals surface area contributed by atoms with E-state index in [0.29, 0.717) is 0 Å². The van der Waals surface area contributed by atoms with Gasteiger partial charge in [0.25, 0.3) is 0 Å². The number of likely N-dealkylation sites (tertiary alicyclic amines) is 2. The quantitative estimate of drug-likeness (QED) is 0.0346. The first-order chi connectivity index (χ1) is 38.2. The third kappa shape index (κ3) is 18.6. The minimum Gasteiger partial charge on any atom is -0.480 e. The molecular formula is C49H83N11O22. The van der Waals surface area contributed by atoms with E-state index < -0.39 is 206 Å². The molecule has 10 amide bonds. The lowest BCUT2D eigenvalue weighted by molar-refractivity contribution is -0.281. The maximum Gasteiger partial charge on any atom is 0.322 e. The van der Waals surface area contributed by atoms with Crippen LogP contribution in [0.15, 0.2) is 0 Å². The molecular weight excluding hydrogens is 1090 g/mol. The molecule has 33 heteroatoms. The number of carbonyl (C=O) groups excluding carboxylic acids is 10. The molecule has 466 valence electrons. The van der Waals surface area contributed by atoms with E-state index in [9.17, 15) is 93.6 Å². The van der Waals surface area contributed by atoms with Crippen LogP contribution in [0.4, 0.5) is 0 Å². The van der Waals surface area contributed by atoms with Crippen molar-refractivity contribution in [2.24, 2.45) is 11.7 Å². The number of amides is 10. The van der Waals surface area contributed by atoms with E-state index >= 15 is 0 Å². The number of rotatable bonds is 28. The van der Waals surface area contributed by atoms with E-state index in [-0.39, 0.29) is 38.8 Å². The van der Waals surface area contributed by atoms with E-state index in [1.54, 1.807) is 0 Å². The van der Waals surface area contributed by atoms with Crippen molar-refractivity contribution in [1.82, 2.24) is 52.3 Å². The van der Waals surface area contributed by atoms with Gasteiger partial charge in [-0.1, -0.05) is 13.8 Å². The van der Waals surface area contributed by atoms with Gasteiger partial charge in [0.1, 0.15) is 85.3 Å². The number of hydrogen-bond donors (Lipinski definition) is 18. The summed E-state index contributed by atoms with van der Waals surface area (Å²) in [5.41, 5.74) is 5.73. The molecule has 3 fully saturated rings. The lowest BCUT2D eigenvalue weighted by Crippen LogP contribution is -2.67. The molecule has 0 aliphatic carbocycles. The summed E-state index contributed by atoms with van der Waals surface area (Å²) in [5.74, 6) is -12.5. The van der Waals surface area contributed by atoms with Crippen LogP contribution in [0.1, 0.15) is 88.0 Å². The monoisotopic (exact) mass is 1180 g/mol. The Morgan fingerprint density at radius 2 is 0.988 bits per heavy atom. The Kier molecular flexibility index (Phi) is 26.8. The second kappa shape index (κ2) is 31.4. The Hall–Kier alpha value is -6.27. The summed E-state index contributed by atoms with van der Waals surface area (Å²) in [5, 5.41) is 111. The van der Waals surface area contributed by atoms with Gasteiger partial charge in [-0.3, -0.25) is 52.7 Å². The molecule has 19 N–H and O–H groups in total. The Bertz CT molecular complexity index is 2270. The molecule has 0 aromatic carbocycles. The maximum absolute atomic E-state index is 14.5. The first kappa shape index (κ1) is 70.0. The fourth-order valence-electron chi connectivity index (χ4n) is 9.33. The van der Waals surface area contributed by atoms with Crippen molar-refractivity contribution in [3.63, 3.8) is 0 Å². The van der Waals surface area contributed by atoms with Crippen LogP contribution in [0.25, 0.3) is 0 Å². The van der Waals surface area contributed by atoms with Crippen LogP contribution in [0.5, 0.6) is 0 Å². The lowest BCUT2D eigenvalue weighted by atomic mass is 9.96. The molecule has 82 heavy (non-hydrogen) atoms. The maximum atomic E-state index is 14.5. The van der Waals surface area contributed by atoms with Gasteiger partial charge in [-0.15, -0.1) is 0 Å². The molecule has 3 heterocycles. The van der Waals surface area contributed by atoms with Gasteiger partial charge in [-0.25, -0.2) is 0 Å². The third-order valence-corrected chi connectivity index (χ3v) is 14.0. The number of hydrogen-bond acceptors (Lipinski definition) is 22. The highest BCUT2D eigenvalue weighted by Crippen LogP contribution is 2.26. The third-order valence-electron chi connectivity index (χ3n) is 14.0. The summed E-state index contributed by atoms with van der Waals surface area (Å²) in [6.45, 7) is 9.09. The van der Waals surface area contributed by atoms with E-state index in [2.05, 4.69) is 42.5 Å². The second-order valence-corrected chi connectivity index (χ2v) is 21.2. The number of ether oxygens (including phenoxy) is 2. The minimum atomic E-state index is -1.97. The summed E-state index contributed by atoms with van der Waals surface area (Å²) in [4.78, 5) is 149. The molecule has 33 nitrogen and oxygen atoms in total. The smallest absolute Gasteiger partial charge is 0.322 e. The second-order valence-electron chi connectivity index (χ2n) is 21.2. The summed E-state index contributed by atoms with van der Waals surface area (Å²) < 4.78 is 11.6. The molecule has 0 bridgehead atoms. The summed E-state index contributed by atoms with van der Waals surface area (Å²) >= 11 is 0. The number of nitrogens with one attached hydrogen (secondary N) is 8. The van der Waals surface area contributed by atoms with Gasteiger partial charge >= 0.3 is 5.97 Å². The predicted molar refractivity (Wildman–Crippen MR) is 279 cm³/mol. The topological polar surface area (TPSA) is 517 Å². The van der Waals surface area contributed by atoms with Crippen LogP contribution in [0.3, 0.4) is 0 Å². The minimum absolute atomic E-state index is 0.0131. The Morgan fingerprint density at radius 3 is 1.43 bits per heavy atom. The van der Waals surface area contributed by atoms with E-state index in [1.807, 2.05) is 0 Å². The number of nitrogens with two attached hydrogens (primary N) is 1. The van der Waals surface area contributed by atoms with Crippen molar-refractivity contribution in [3.8, 4) is 0 Å². The fraction of sp³-hybridized carbons (Fsp3) is 0.776. The first-order valence-electron chi connectivity index (χ1n) is 26.8. The molecule has 3 aliphatic rings. The van der Waals surface area contributed by atoms with Crippen molar-refractivity contribution < 1.29 is 108 Å². The number of aliphatic carboxylic acids is 1. The number of carboxylic acids is 1. The van der Waals surface area contributed by atoms with Gasteiger partial charge in [-0.2, -0.15) is 0 Å². The summed E-state index contributed by atoms with van der Waals surface area (Å²) in [6.07, 6.45) is -15.9. The number of aliphatic hydroxyl groups is 8. The highest BCUT2D eigenvalue weighted by Gasteiger charge is 2.49. The number of aliphatic hydroxyl groups excluding tert-OH is 8. The van der Waals surface area contributed by atoms with Crippen molar-refractivity contribution in [1.29, 1.82) is 0 Å². The Labute approximate surface area is 472 Å². The zero-order valence-corrected chi connectivity index (χ0v) is 47.1. The Balaban J connectivity index is 1.90. The molecule has 0 radical (unpaired) electrons. The molecule has 0 spiro atoms. The van der Waals surface area contributed by atoms with Gasteiger partial charge in [0.15, 0.2) is 6.29 Å². The van der Waals surface area contributed by atoms with Crippen molar-refractivity contribution >= 4 is 65.0 Å². The zero-order chi connectivity index (χ0) is 62.4. The molecule has 0 aromatic heterocycles. The molecule has 0 saturated carbocycles. The highest BCUT2D eigenvalue weighted by molar-refractivity contribution is 5.99. The standard InChI is InChI=1S/C49H83N11O22/c1-18(2)31(53-46(78)36(58-45(77)33(21(5)64)55-42(74)30(50)19(3)62)24(8)81-49-37(52-25(9)67)39(71)38(70)28(17-61)82-49)44(76)57-35(23(7)66)48(80)60-15-11-13-27(60)41(73)56-34(22(6)65)47(79)59-14-10-12-26(59)40(72)54-32(20(4)63)43(75)51-16-29(68)69/h18-24,26-28,30-39,49,61-66,70-71H,10-17,50H2,1-9H3,(H,51,75)(H,52,67)(H,53,78)(H,54,72)(H,55,74)(H,56,73)(H,57,76)(H,58,77)(H,68,69)/t19-,20-,21-,22-,23-,24-,26+,27+,28-,30+,31+,32+,33+,34+,35-,36+,37-,38+,39-,49+/m1/s1. The summed E-state index contributed by atoms with van der Waals surface area (Å²) in [6, 6.07) is -16.4. The number of nitrogens with zero attached hydrogens (tertiary/aromatic N) is 2. The van der Waals surface area contributed by atoms with Crippen LogP contribution in [0.2, 0.25) is 0 Å². The van der Waals surface area contributed by atoms with Crippen LogP contribution in [-0.2, 0) is 62.2 Å². The largest absolute Gasteiger partial charge is 0.480 e. The SMILES string of the molecule is CC(=O)N[C@H]1[C@@H](O[C@H](C)[C@H](NC(=O)[C@@H](NC(=O)[C@@H](N)[C@@H](C)O)[C@@H](C)O)C(=O)N[C@H](C(=O)N[C@@H](C(=O)N2CCC[C@H]2C(=O)N[C@H](C(=O)N2CCC[C@H]2C(=O)N[C@H](C(=O)NCC(=O)O)[C@@H](C)O)[C@@H](C)O)[C@@H](C)O)C(C)C)O[C@H](CO)[C@H](O)[C@@H]1O. The Morgan fingerprint density at radius 1 is 0.573 bits per heavy atom. The van der Waals surface area contributed by atoms with E-state index in [0.717, 1.165) is 30.6 Å². The average Bonchev–Trinajstić information content (AvgIpc) is 4.14. The molecule has 3 rings (SSSR count). The van der Waals surface area contributed by atoms with Crippen LogP contribution < -0.4 is 48.3 Å². The van der Waals surface area contributed by atoms with Crippen molar-refractivity contribution in [3.05, 3.63) is 0 Å². The summed E-state index contributed by atoms with van der Waals surface area (Å²) in [7, 11) is 0. The molecule has 3 saturated heterocycles. The zero-order valence-electron chi connectivity index (χ0n) is 47.1. The number of carboxylic acid groups (broad SMARTS) is 1. The van der Waals surface area contributed by atoms with Gasteiger partial charge < -0.3 is 114 Å². The normalized spacial score (nSPS) is 25.6.